The molecule has 47 heavy (non-hydrogen) atoms. The number of allylic oxidation sites excluding steroid dienone is 1. The molecule has 0 bridgehead atoms. The number of hydrogen-bond acceptors (Lipinski definition) is 9. The van der Waals surface area contributed by atoms with Crippen molar-refractivity contribution in [3.63, 3.8) is 0 Å². The number of thioether (sulfide) groups is 2. The Morgan fingerprint density at radius 3 is 2.57 bits per heavy atom. The van der Waals surface area contributed by atoms with Crippen molar-refractivity contribution in [3.8, 4) is 11.5 Å². The molecule has 5 rings (SSSR count). The van der Waals surface area contributed by atoms with Gasteiger partial charge in [-0.05, 0) is 79.2 Å². The van der Waals surface area contributed by atoms with Gasteiger partial charge in [-0.2, -0.15) is 11.8 Å². The van der Waals surface area contributed by atoms with Crippen LogP contribution in [0.4, 0.5) is 0 Å². The topological polar surface area (TPSA) is 89.7 Å². The minimum absolute atomic E-state index is 0.00545. The fourth-order valence-corrected chi connectivity index (χ4v) is 9.64. The van der Waals surface area contributed by atoms with Crippen LogP contribution in [0.25, 0.3) is 0 Å². The van der Waals surface area contributed by atoms with E-state index in [1.54, 1.807) is 18.9 Å². The number of ether oxygens (including phenoxy) is 3. The molecular weight excluding hydrogens is 631 g/mol. The maximum Gasteiger partial charge on any atom is 0.230 e. The lowest BCUT2D eigenvalue weighted by Gasteiger charge is -2.58. The molecule has 7 nitrogen and oxygen atoms in total. The molecule has 2 aromatic rings. The van der Waals surface area contributed by atoms with Gasteiger partial charge in [0.25, 0.3) is 0 Å². The van der Waals surface area contributed by atoms with Crippen LogP contribution < -0.4 is 9.47 Å². The number of oxime groups is 1. The second-order valence-corrected chi connectivity index (χ2v) is 15.0. The molecule has 0 amide bonds. The van der Waals surface area contributed by atoms with E-state index >= 15 is 0 Å². The molecule has 6 atom stereocenters. The largest absolute Gasteiger partial charge is 0.493 e. The van der Waals surface area contributed by atoms with Crippen LogP contribution in [-0.2, 0) is 9.57 Å². The predicted octanol–water partition coefficient (Wildman–Crippen LogP) is 7.87. The monoisotopic (exact) mass is 681 g/mol. The summed E-state index contributed by atoms with van der Waals surface area (Å²) in [5.74, 6) is 3.04. The second kappa shape index (κ2) is 17.8. The summed E-state index contributed by atoms with van der Waals surface area (Å²) in [6.07, 6.45) is 10.2. The van der Waals surface area contributed by atoms with E-state index in [1.807, 2.05) is 30.0 Å². The molecule has 0 saturated heterocycles. The highest BCUT2D eigenvalue weighted by molar-refractivity contribution is 8.00. The summed E-state index contributed by atoms with van der Waals surface area (Å²) in [5, 5.41) is 24.0. The third-order valence-corrected chi connectivity index (χ3v) is 11.8. The quantitative estimate of drug-likeness (QED) is 0.0671. The average molecular weight is 682 g/mol. The lowest BCUT2D eigenvalue weighted by atomic mass is 9.56. The SMILES string of the molecule is C=CCOC12Oc3ccc(OCCSc4ccccc4)cc3C3C(CCCCO)C(CCCCO)C=C(C(=NOC)CC1SCC)C32. The van der Waals surface area contributed by atoms with E-state index in [-0.39, 0.29) is 42.1 Å². The molecular formula is C38H51NO6S2. The summed E-state index contributed by atoms with van der Waals surface area (Å²) >= 11 is 3.64. The highest BCUT2D eigenvalue weighted by atomic mass is 32.2. The number of fused-ring (bicyclic) bond motifs is 2. The number of aliphatic hydroxyl groups is 2. The van der Waals surface area contributed by atoms with Crippen molar-refractivity contribution in [2.75, 3.05) is 45.0 Å². The van der Waals surface area contributed by atoms with E-state index in [1.165, 1.54) is 4.90 Å². The van der Waals surface area contributed by atoms with Crippen LogP contribution in [0.3, 0.4) is 0 Å². The Morgan fingerprint density at radius 1 is 1.06 bits per heavy atom. The summed E-state index contributed by atoms with van der Waals surface area (Å²) in [4.78, 5) is 6.70. The molecule has 1 aliphatic heterocycles. The van der Waals surface area contributed by atoms with Crippen molar-refractivity contribution in [2.24, 2.45) is 22.9 Å². The number of benzene rings is 2. The van der Waals surface area contributed by atoms with Gasteiger partial charge in [-0.3, -0.25) is 0 Å². The summed E-state index contributed by atoms with van der Waals surface area (Å²) in [5.41, 5.74) is 3.26. The smallest absolute Gasteiger partial charge is 0.230 e. The lowest BCUT2D eigenvalue weighted by Crippen LogP contribution is -2.64. The molecule has 2 N–H and O–H groups in total. The zero-order valence-electron chi connectivity index (χ0n) is 27.9. The van der Waals surface area contributed by atoms with E-state index < -0.39 is 5.79 Å². The Kier molecular flexibility index (Phi) is 13.6. The fourth-order valence-electron chi connectivity index (χ4n) is 7.71. The van der Waals surface area contributed by atoms with Gasteiger partial charge in [0.1, 0.15) is 18.6 Å². The van der Waals surface area contributed by atoms with Crippen molar-refractivity contribution in [2.45, 2.75) is 73.7 Å². The predicted molar refractivity (Wildman–Crippen MR) is 193 cm³/mol. The van der Waals surface area contributed by atoms with Crippen LogP contribution in [0.1, 0.15) is 63.4 Å². The number of unbranched alkanes of at least 4 members (excludes halogenated alkanes) is 2. The average Bonchev–Trinajstić information content (AvgIpc) is 3.09. The Bertz CT molecular complexity index is 1350. The number of aliphatic hydroxyl groups excluding tert-OH is 2. The van der Waals surface area contributed by atoms with Gasteiger partial charge in [0.15, 0.2) is 0 Å². The minimum atomic E-state index is -0.912. The number of nitrogens with zero attached hydrogens (tertiary/aromatic N) is 1. The standard InChI is InChI=1S/C38H51NO6S2/c1-4-21-44-38-35(46-5-2)26-33(39-42-3)31-24-27(13-9-11-19-40)30(16-10-12-20-41)36(37(31)38)32-25-28(17-18-34(32)45-38)43-22-23-47-29-14-7-6-8-15-29/h4,6-8,14-15,17-18,24-25,27,30,35-37,40-41H,1,5,9-13,16,19-23,26H2,2-3H3. The van der Waals surface area contributed by atoms with Crippen molar-refractivity contribution >= 4 is 29.2 Å². The first-order valence-electron chi connectivity index (χ1n) is 17.1. The molecule has 0 radical (unpaired) electrons. The first-order chi connectivity index (χ1) is 23.1. The minimum Gasteiger partial charge on any atom is -0.493 e. The molecule has 0 spiro atoms. The Balaban J connectivity index is 1.58. The molecule has 6 unspecified atom stereocenters. The fraction of sp³-hybridized carbons (Fsp3) is 0.553. The van der Waals surface area contributed by atoms with E-state index in [4.69, 9.17) is 19.0 Å². The van der Waals surface area contributed by atoms with Crippen molar-refractivity contribution in [1.82, 2.24) is 0 Å². The summed E-state index contributed by atoms with van der Waals surface area (Å²) in [7, 11) is 1.62. The Labute approximate surface area is 289 Å². The molecule has 1 heterocycles. The van der Waals surface area contributed by atoms with E-state index in [2.05, 4.69) is 61.1 Å². The van der Waals surface area contributed by atoms with E-state index in [0.717, 1.165) is 78.4 Å². The molecule has 256 valence electrons. The first-order valence-corrected chi connectivity index (χ1v) is 19.2. The van der Waals surface area contributed by atoms with Crippen LogP contribution in [-0.4, -0.2) is 72.0 Å². The van der Waals surface area contributed by atoms with E-state index in [0.29, 0.717) is 19.6 Å². The lowest BCUT2D eigenvalue weighted by molar-refractivity contribution is -0.223. The zero-order chi connectivity index (χ0) is 33.1. The zero-order valence-corrected chi connectivity index (χ0v) is 29.5. The van der Waals surface area contributed by atoms with Crippen molar-refractivity contribution < 1.29 is 29.3 Å². The molecule has 1 fully saturated rings. The van der Waals surface area contributed by atoms with Crippen LogP contribution in [0.15, 0.2) is 82.9 Å². The van der Waals surface area contributed by atoms with Crippen molar-refractivity contribution in [1.29, 1.82) is 0 Å². The van der Waals surface area contributed by atoms with Gasteiger partial charge in [-0.15, -0.1) is 18.3 Å². The Morgan fingerprint density at radius 2 is 1.85 bits per heavy atom. The summed E-state index contributed by atoms with van der Waals surface area (Å²) in [6.45, 7) is 7.50. The van der Waals surface area contributed by atoms with Crippen LogP contribution in [0.5, 0.6) is 11.5 Å². The molecule has 0 aromatic heterocycles. The van der Waals surface area contributed by atoms with Gasteiger partial charge in [0.2, 0.25) is 5.79 Å². The van der Waals surface area contributed by atoms with Crippen LogP contribution in [0, 0.1) is 17.8 Å². The highest BCUT2D eigenvalue weighted by Crippen LogP contribution is 2.62. The number of hydrogen-bond donors (Lipinski definition) is 2. The van der Waals surface area contributed by atoms with Gasteiger partial charge in [-0.1, -0.05) is 55.3 Å². The summed E-state index contributed by atoms with van der Waals surface area (Å²) in [6, 6.07) is 16.7. The Hall–Kier alpha value is -2.43. The molecule has 1 saturated carbocycles. The third kappa shape index (κ3) is 8.24. The maximum absolute atomic E-state index is 9.75. The normalized spacial score (nSPS) is 26.9. The van der Waals surface area contributed by atoms with Crippen LogP contribution >= 0.6 is 23.5 Å². The number of rotatable bonds is 19. The molecule has 2 aromatic carbocycles. The maximum atomic E-state index is 9.75. The third-order valence-electron chi connectivity index (χ3n) is 9.55. The first kappa shape index (κ1) is 35.9. The van der Waals surface area contributed by atoms with Gasteiger partial charge >= 0.3 is 0 Å². The molecule has 2 aliphatic carbocycles. The van der Waals surface area contributed by atoms with Gasteiger partial charge in [0, 0.05) is 41.8 Å². The van der Waals surface area contributed by atoms with Crippen LogP contribution in [0.2, 0.25) is 0 Å². The summed E-state index contributed by atoms with van der Waals surface area (Å²) < 4.78 is 20.4. The van der Waals surface area contributed by atoms with Gasteiger partial charge in [0.05, 0.1) is 30.1 Å². The van der Waals surface area contributed by atoms with Gasteiger partial charge in [-0.25, -0.2) is 0 Å². The van der Waals surface area contributed by atoms with Crippen molar-refractivity contribution in [3.05, 3.63) is 78.4 Å². The second-order valence-electron chi connectivity index (χ2n) is 12.4. The van der Waals surface area contributed by atoms with E-state index in [9.17, 15) is 10.2 Å². The molecule has 3 aliphatic rings. The molecule has 9 heteroatoms. The highest BCUT2D eigenvalue weighted by Gasteiger charge is 2.63. The van der Waals surface area contributed by atoms with Gasteiger partial charge < -0.3 is 29.3 Å².